The fourth-order valence-electron chi connectivity index (χ4n) is 3.58. The molecular formula is C19H24N4O3. The zero-order valence-corrected chi connectivity index (χ0v) is 14.8. The molecule has 0 unspecified atom stereocenters. The summed E-state index contributed by atoms with van der Waals surface area (Å²) in [4.78, 5) is 23.4. The first-order chi connectivity index (χ1) is 12.8. The zero-order chi connectivity index (χ0) is 17.8. The lowest BCUT2D eigenvalue weighted by atomic mass is 10.1. The van der Waals surface area contributed by atoms with Crippen molar-refractivity contribution in [2.45, 2.75) is 38.1 Å². The van der Waals surface area contributed by atoms with Gasteiger partial charge in [0.15, 0.2) is 0 Å². The maximum Gasteiger partial charge on any atom is 0.223 e. The van der Waals surface area contributed by atoms with Crippen LogP contribution in [0.5, 0.6) is 0 Å². The van der Waals surface area contributed by atoms with Crippen molar-refractivity contribution in [3.05, 3.63) is 41.7 Å². The van der Waals surface area contributed by atoms with Crippen LogP contribution < -0.4 is 5.32 Å². The number of fused-ring (bicyclic) bond motifs is 1. The Hall–Kier alpha value is -2.41. The molecule has 0 spiro atoms. The van der Waals surface area contributed by atoms with E-state index in [1.165, 1.54) is 0 Å². The first-order valence-corrected chi connectivity index (χ1v) is 9.27. The number of rotatable bonds is 5. The molecule has 0 radical (unpaired) electrons. The van der Waals surface area contributed by atoms with Gasteiger partial charge in [-0.05, 0) is 25.0 Å². The quantitative estimate of drug-likeness (QED) is 0.880. The van der Waals surface area contributed by atoms with Gasteiger partial charge in [0.1, 0.15) is 17.9 Å². The predicted molar refractivity (Wildman–Crippen MR) is 95.9 cm³/mol. The number of ether oxygens (including phenoxy) is 1. The summed E-state index contributed by atoms with van der Waals surface area (Å²) in [7, 11) is 0. The first kappa shape index (κ1) is 17.0. The number of aromatic nitrogens is 2. The molecule has 2 aromatic rings. The van der Waals surface area contributed by atoms with Gasteiger partial charge >= 0.3 is 0 Å². The van der Waals surface area contributed by atoms with Crippen molar-refractivity contribution in [3.8, 4) is 0 Å². The molecule has 4 rings (SSSR count). The highest BCUT2D eigenvalue weighted by atomic mass is 16.5. The molecule has 2 aliphatic heterocycles. The standard InChI is InChI=1S/C19H24N4O3/c24-18(4-3-15-2-1-10-26-15)23-8-5-16-17(6-9-23)20-13-21-19(16)22-14-7-11-25-12-14/h1-2,10,13-14H,3-9,11-12H2,(H,20,21,22)/t14-/m0/s1. The van der Waals surface area contributed by atoms with Crippen LogP contribution in [-0.2, 0) is 28.8 Å². The number of nitrogens with one attached hydrogen (secondary N) is 1. The van der Waals surface area contributed by atoms with E-state index in [1.807, 2.05) is 17.0 Å². The Labute approximate surface area is 152 Å². The number of carbonyl (C=O) groups is 1. The van der Waals surface area contributed by atoms with Crippen LogP contribution in [0, 0.1) is 0 Å². The van der Waals surface area contributed by atoms with Crippen LogP contribution in [-0.4, -0.2) is 53.1 Å². The molecule has 0 aliphatic carbocycles. The summed E-state index contributed by atoms with van der Waals surface area (Å²) in [5, 5.41) is 3.49. The lowest BCUT2D eigenvalue weighted by Gasteiger charge is -2.20. The van der Waals surface area contributed by atoms with E-state index >= 15 is 0 Å². The second kappa shape index (κ2) is 7.86. The Bertz CT molecular complexity index is 741. The van der Waals surface area contributed by atoms with Crippen LogP contribution in [0.2, 0.25) is 0 Å². The van der Waals surface area contributed by atoms with E-state index < -0.39 is 0 Å². The van der Waals surface area contributed by atoms with Crippen LogP contribution >= 0.6 is 0 Å². The molecule has 4 heterocycles. The maximum absolute atomic E-state index is 12.6. The van der Waals surface area contributed by atoms with Gasteiger partial charge in [0.05, 0.1) is 24.6 Å². The van der Waals surface area contributed by atoms with Gasteiger partial charge in [-0.1, -0.05) is 0 Å². The molecule has 7 nitrogen and oxygen atoms in total. The van der Waals surface area contributed by atoms with E-state index in [0.717, 1.165) is 55.3 Å². The van der Waals surface area contributed by atoms with E-state index in [2.05, 4.69) is 15.3 Å². The van der Waals surface area contributed by atoms with Gasteiger partial charge in [0.2, 0.25) is 5.91 Å². The molecule has 0 bridgehead atoms. The summed E-state index contributed by atoms with van der Waals surface area (Å²) < 4.78 is 10.8. The molecule has 0 aromatic carbocycles. The van der Waals surface area contributed by atoms with E-state index in [0.29, 0.717) is 32.0 Å². The number of hydrogen-bond acceptors (Lipinski definition) is 6. The van der Waals surface area contributed by atoms with E-state index in [4.69, 9.17) is 9.15 Å². The molecule has 2 aliphatic rings. The number of carbonyl (C=O) groups excluding carboxylic acids is 1. The summed E-state index contributed by atoms with van der Waals surface area (Å²) >= 11 is 0. The second-order valence-corrected chi connectivity index (χ2v) is 6.81. The lowest BCUT2D eigenvalue weighted by Crippen LogP contribution is -2.33. The van der Waals surface area contributed by atoms with E-state index in [1.54, 1.807) is 12.6 Å². The third-order valence-corrected chi connectivity index (χ3v) is 5.07. The van der Waals surface area contributed by atoms with Crippen LogP contribution in [0.3, 0.4) is 0 Å². The summed E-state index contributed by atoms with van der Waals surface area (Å²) in [6.45, 7) is 2.92. The third kappa shape index (κ3) is 3.88. The molecule has 0 saturated carbocycles. The third-order valence-electron chi connectivity index (χ3n) is 5.07. The normalized spacial score (nSPS) is 19.8. The van der Waals surface area contributed by atoms with Crippen molar-refractivity contribution >= 4 is 11.7 Å². The average molecular weight is 356 g/mol. The highest BCUT2D eigenvalue weighted by Gasteiger charge is 2.23. The van der Waals surface area contributed by atoms with Gasteiger partial charge in [-0.3, -0.25) is 4.79 Å². The summed E-state index contributed by atoms with van der Waals surface area (Å²) in [6, 6.07) is 4.07. The monoisotopic (exact) mass is 356 g/mol. The summed E-state index contributed by atoms with van der Waals surface area (Å²) in [5.41, 5.74) is 2.18. The van der Waals surface area contributed by atoms with Crippen molar-refractivity contribution in [3.63, 3.8) is 0 Å². The van der Waals surface area contributed by atoms with E-state index in [-0.39, 0.29) is 5.91 Å². The highest BCUT2D eigenvalue weighted by Crippen LogP contribution is 2.23. The van der Waals surface area contributed by atoms with Gasteiger partial charge in [0, 0.05) is 44.5 Å². The van der Waals surface area contributed by atoms with Gasteiger partial charge < -0.3 is 19.4 Å². The fourth-order valence-corrected chi connectivity index (χ4v) is 3.58. The smallest absolute Gasteiger partial charge is 0.223 e. The van der Waals surface area contributed by atoms with Crippen LogP contribution in [0.25, 0.3) is 0 Å². The minimum absolute atomic E-state index is 0.167. The van der Waals surface area contributed by atoms with Crippen LogP contribution in [0.15, 0.2) is 29.1 Å². The molecule has 26 heavy (non-hydrogen) atoms. The minimum atomic E-state index is 0.167. The molecule has 7 heteroatoms. The molecule has 2 aromatic heterocycles. The Morgan fingerprint density at radius 2 is 2.23 bits per heavy atom. The molecule has 138 valence electrons. The topological polar surface area (TPSA) is 80.5 Å². The maximum atomic E-state index is 12.6. The fraction of sp³-hybridized carbons (Fsp3) is 0.526. The highest BCUT2D eigenvalue weighted by molar-refractivity contribution is 5.76. The minimum Gasteiger partial charge on any atom is -0.469 e. The number of nitrogens with zero attached hydrogens (tertiary/aromatic N) is 3. The average Bonchev–Trinajstić information content (AvgIpc) is 3.31. The Morgan fingerprint density at radius 1 is 1.31 bits per heavy atom. The molecule has 1 amide bonds. The van der Waals surface area contributed by atoms with Crippen molar-refractivity contribution in [2.24, 2.45) is 0 Å². The Balaban J connectivity index is 1.39. The largest absolute Gasteiger partial charge is 0.469 e. The second-order valence-electron chi connectivity index (χ2n) is 6.81. The number of hydrogen-bond donors (Lipinski definition) is 1. The molecular weight excluding hydrogens is 332 g/mol. The van der Waals surface area contributed by atoms with Gasteiger partial charge in [-0.2, -0.15) is 0 Å². The zero-order valence-electron chi connectivity index (χ0n) is 14.8. The van der Waals surface area contributed by atoms with E-state index in [9.17, 15) is 4.79 Å². The number of anilines is 1. The molecule has 1 saturated heterocycles. The Morgan fingerprint density at radius 3 is 3.04 bits per heavy atom. The van der Waals surface area contributed by atoms with Crippen LogP contribution in [0.1, 0.15) is 29.9 Å². The first-order valence-electron chi connectivity index (χ1n) is 9.27. The van der Waals surface area contributed by atoms with Gasteiger partial charge in [0.25, 0.3) is 0 Å². The van der Waals surface area contributed by atoms with Gasteiger partial charge in [-0.25, -0.2) is 9.97 Å². The molecule has 1 fully saturated rings. The summed E-state index contributed by atoms with van der Waals surface area (Å²) in [5.74, 6) is 1.92. The van der Waals surface area contributed by atoms with Gasteiger partial charge in [-0.15, -0.1) is 0 Å². The SMILES string of the molecule is O=C(CCc1ccco1)N1CCc2ncnc(N[C@H]3CCOC3)c2CC1. The number of furan rings is 1. The lowest BCUT2D eigenvalue weighted by molar-refractivity contribution is -0.131. The number of amides is 1. The van der Waals surface area contributed by atoms with Crippen molar-refractivity contribution < 1.29 is 13.9 Å². The van der Waals surface area contributed by atoms with Crippen molar-refractivity contribution in [2.75, 3.05) is 31.6 Å². The molecule has 1 N–H and O–H groups in total. The van der Waals surface area contributed by atoms with Crippen molar-refractivity contribution in [1.29, 1.82) is 0 Å². The summed E-state index contributed by atoms with van der Waals surface area (Å²) in [6.07, 6.45) is 6.91. The van der Waals surface area contributed by atoms with Crippen LogP contribution in [0.4, 0.5) is 5.82 Å². The molecule has 1 atom stereocenters. The van der Waals surface area contributed by atoms with Crippen molar-refractivity contribution in [1.82, 2.24) is 14.9 Å². The Kier molecular flexibility index (Phi) is 5.15. The predicted octanol–water partition coefficient (Wildman–Crippen LogP) is 1.83. The number of aryl methyl sites for hydroxylation is 1.